The van der Waals surface area contributed by atoms with Gasteiger partial charge in [0.1, 0.15) is 0 Å². The van der Waals surface area contributed by atoms with Crippen molar-refractivity contribution in [3.8, 4) is 10.7 Å². The summed E-state index contributed by atoms with van der Waals surface area (Å²) in [6.07, 6.45) is 3.25. The molecule has 0 bridgehead atoms. The van der Waals surface area contributed by atoms with Crippen molar-refractivity contribution in [3.05, 3.63) is 53.7 Å². The first-order chi connectivity index (χ1) is 14.7. The lowest BCUT2D eigenvalue weighted by Crippen LogP contribution is -2.43. The molecule has 1 aromatic carbocycles. The summed E-state index contributed by atoms with van der Waals surface area (Å²) in [4.78, 5) is 32.4. The van der Waals surface area contributed by atoms with E-state index >= 15 is 0 Å². The molecule has 7 nitrogen and oxygen atoms in total. The highest BCUT2D eigenvalue weighted by Crippen LogP contribution is 2.22. The monoisotopic (exact) mass is 424 g/mol. The normalized spacial score (nSPS) is 16.4. The lowest BCUT2D eigenvalue weighted by molar-refractivity contribution is -0.134. The highest BCUT2D eigenvalue weighted by molar-refractivity contribution is 7.13. The van der Waals surface area contributed by atoms with Gasteiger partial charge in [-0.05, 0) is 42.8 Å². The maximum Gasteiger partial charge on any atom is 0.229 e. The third-order valence-corrected chi connectivity index (χ3v) is 6.04. The summed E-state index contributed by atoms with van der Waals surface area (Å²) in [6, 6.07) is 13.3. The lowest BCUT2D eigenvalue weighted by atomic mass is 9.96. The van der Waals surface area contributed by atoms with Gasteiger partial charge in [0, 0.05) is 31.6 Å². The average molecular weight is 425 g/mol. The third-order valence-electron chi connectivity index (χ3n) is 5.18. The number of aromatic nitrogens is 2. The van der Waals surface area contributed by atoms with E-state index < -0.39 is 0 Å². The van der Waals surface area contributed by atoms with E-state index in [4.69, 9.17) is 4.52 Å². The highest BCUT2D eigenvalue weighted by Gasteiger charge is 2.28. The van der Waals surface area contributed by atoms with E-state index in [2.05, 4.69) is 15.5 Å². The van der Waals surface area contributed by atoms with Gasteiger partial charge in [-0.3, -0.25) is 9.59 Å². The Balaban J connectivity index is 1.24. The molecule has 2 amide bonds. The van der Waals surface area contributed by atoms with Crippen LogP contribution in [-0.4, -0.2) is 39.9 Å². The second-order valence-corrected chi connectivity index (χ2v) is 8.32. The molecule has 1 aliphatic rings. The van der Waals surface area contributed by atoms with Crippen LogP contribution in [0.25, 0.3) is 10.7 Å². The van der Waals surface area contributed by atoms with E-state index in [0.29, 0.717) is 44.1 Å². The molecule has 156 valence electrons. The van der Waals surface area contributed by atoms with Crippen molar-refractivity contribution in [2.75, 3.05) is 18.4 Å². The molecule has 2 aromatic heterocycles. The van der Waals surface area contributed by atoms with Crippen LogP contribution in [0.3, 0.4) is 0 Å². The molecule has 0 radical (unpaired) electrons. The zero-order valence-electron chi connectivity index (χ0n) is 16.6. The summed E-state index contributed by atoms with van der Waals surface area (Å²) < 4.78 is 5.29. The Labute approximate surface area is 179 Å². The van der Waals surface area contributed by atoms with E-state index in [9.17, 15) is 9.59 Å². The number of likely N-dealkylation sites (tertiary alicyclic amines) is 1. The second kappa shape index (κ2) is 9.67. The van der Waals surface area contributed by atoms with Crippen LogP contribution in [0.1, 0.15) is 31.6 Å². The Hall–Kier alpha value is -3.00. The molecule has 0 aliphatic carbocycles. The Morgan fingerprint density at radius 1 is 1.20 bits per heavy atom. The maximum absolute atomic E-state index is 12.6. The largest absolute Gasteiger partial charge is 0.342 e. The van der Waals surface area contributed by atoms with Crippen molar-refractivity contribution in [1.29, 1.82) is 0 Å². The molecule has 3 heterocycles. The number of amides is 2. The van der Waals surface area contributed by atoms with Crippen LogP contribution in [0, 0.1) is 5.92 Å². The SMILES string of the molecule is O=C(Nc1ccccc1)[C@@H]1CCCN(C(=O)CCCc2nc(-c3cccs3)no2)C1. The molecule has 1 fully saturated rings. The molecule has 0 unspecified atom stereocenters. The quantitative estimate of drug-likeness (QED) is 0.619. The van der Waals surface area contributed by atoms with Gasteiger partial charge in [-0.2, -0.15) is 4.98 Å². The number of nitrogens with one attached hydrogen (secondary N) is 1. The minimum absolute atomic E-state index is 0.0225. The smallest absolute Gasteiger partial charge is 0.229 e. The molecule has 4 rings (SSSR count). The number of carbonyl (C=O) groups excluding carboxylic acids is 2. The zero-order chi connectivity index (χ0) is 20.8. The van der Waals surface area contributed by atoms with Gasteiger partial charge in [0.05, 0.1) is 10.8 Å². The number of piperidine rings is 1. The van der Waals surface area contributed by atoms with Gasteiger partial charge in [0.25, 0.3) is 0 Å². The number of nitrogens with zero attached hydrogens (tertiary/aromatic N) is 3. The number of benzene rings is 1. The molecule has 1 atom stereocenters. The van der Waals surface area contributed by atoms with Crippen LogP contribution in [0.15, 0.2) is 52.4 Å². The molecular weight excluding hydrogens is 400 g/mol. The van der Waals surface area contributed by atoms with E-state index in [-0.39, 0.29) is 17.7 Å². The third kappa shape index (κ3) is 5.13. The Bertz CT molecular complexity index is 971. The van der Waals surface area contributed by atoms with Crippen LogP contribution in [0.4, 0.5) is 5.69 Å². The van der Waals surface area contributed by atoms with Gasteiger partial charge in [0.2, 0.25) is 23.5 Å². The molecule has 0 saturated carbocycles. The van der Waals surface area contributed by atoms with E-state index in [1.807, 2.05) is 52.7 Å². The summed E-state index contributed by atoms with van der Waals surface area (Å²) in [5, 5.41) is 8.91. The summed E-state index contributed by atoms with van der Waals surface area (Å²) in [5.41, 5.74) is 0.785. The first-order valence-electron chi connectivity index (χ1n) is 10.2. The van der Waals surface area contributed by atoms with Gasteiger partial charge in [0.15, 0.2) is 0 Å². The number of thiophene rings is 1. The van der Waals surface area contributed by atoms with Crippen LogP contribution in [0.5, 0.6) is 0 Å². The average Bonchev–Trinajstić information content (AvgIpc) is 3.46. The first-order valence-corrected chi connectivity index (χ1v) is 11.1. The number of anilines is 1. The number of hydrogen-bond acceptors (Lipinski definition) is 6. The summed E-state index contributed by atoms with van der Waals surface area (Å²) in [6.45, 7) is 1.18. The Morgan fingerprint density at radius 3 is 2.87 bits per heavy atom. The number of hydrogen-bond donors (Lipinski definition) is 1. The van der Waals surface area contributed by atoms with E-state index in [0.717, 1.165) is 23.4 Å². The van der Waals surface area contributed by atoms with E-state index in [1.54, 1.807) is 11.3 Å². The molecule has 0 spiro atoms. The fourth-order valence-electron chi connectivity index (χ4n) is 3.59. The molecular formula is C22H24N4O3S. The van der Waals surface area contributed by atoms with Crippen molar-refractivity contribution in [2.45, 2.75) is 32.1 Å². The van der Waals surface area contributed by atoms with Crippen molar-refractivity contribution in [2.24, 2.45) is 5.92 Å². The summed E-state index contributed by atoms with van der Waals surface area (Å²) in [7, 11) is 0. The molecule has 3 aromatic rings. The van der Waals surface area contributed by atoms with Crippen LogP contribution in [-0.2, 0) is 16.0 Å². The van der Waals surface area contributed by atoms with Gasteiger partial charge in [-0.15, -0.1) is 11.3 Å². The standard InChI is InChI=1S/C22H24N4O3S/c27-20(12-4-11-19-24-21(25-29-19)18-10-6-14-30-18)26-13-5-7-16(15-26)22(28)23-17-8-2-1-3-9-17/h1-3,6,8-10,14,16H,4-5,7,11-13,15H2,(H,23,28)/t16-/m1/s1. The maximum atomic E-state index is 12.6. The first kappa shape index (κ1) is 20.3. The number of carbonyl (C=O) groups is 2. The van der Waals surface area contributed by atoms with Gasteiger partial charge in [-0.1, -0.05) is 29.4 Å². The van der Waals surface area contributed by atoms with Crippen LogP contribution in [0.2, 0.25) is 0 Å². The number of aryl methyl sites for hydroxylation is 1. The Kier molecular flexibility index (Phi) is 6.53. The fourth-order valence-corrected chi connectivity index (χ4v) is 4.24. The predicted molar refractivity (Wildman–Crippen MR) is 115 cm³/mol. The fraction of sp³-hybridized carbons (Fsp3) is 0.364. The minimum Gasteiger partial charge on any atom is -0.342 e. The number of rotatable bonds is 7. The van der Waals surface area contributed by atoms with Crippen molar-refractivity contribution < 1.29 is 14.1 Å². The van der Waals surface area contributed by atoms with E-state index in [1.165, 1.54) is 0 Å². The molecule has 8 heteroatoms. The topological polar surface area (TPSA) is 88.3 Å². The second-order valence-electron chi connectivity index (χ2n) is 7.38. The van der Waals surface area contributed by atoms with Gasteiger partial charge in [-0.25, -0.2) is 0 Å². The van der Waals surface area contributed by atoms with Crippen molar-refractivity contribution >= 4 is 28.8 Å². The highest BCUT2D eigenvalue weighted by atomic mass is 32.1. The lowest BCUT2D eigenvalue weighted by Gasteiger charge is -2.32. The molecule has 1 saturated heterocycles. The predicted octanol–water partition coefficient (Wildman–Crippen LogP) is 4.00. The minimum atomic E-state index is -0.174. The van der Waals surface area contributed by atoms with Gasteiger partial charge >= 0.3 is 0 Å². The summed E-state index contributed by atoms with van der Waals surface area (Å²) >= 11 is 1.56. The summed E-state index contributed by atoms with van der Waals surface area (Å²) in [5.74, 6) is 1.02. The van der Waals surface area contributed by atoms with Crippen molar-refractivity contribution in [3.63, 3.8) is 0 Å². The van der Waals surface area contributed by atoms with Gasteiger partial charge < -0.3 is 14.7 Å². The van der Waals surface area contributed by atoms with Crippen LogP contribution >= 0.6 is 11.3 Å². The zero-order valence-corrected chi connectivity index (χ0v) is 17.4. The number of para-hydroxylation sites is 1. The molecule has 30 heavy (non-hydrogen) atoms. The van der Waals surface area contributed by atoms with Crippen LogP contribution < -0.4 is 5.32 Å². The van der Waals surface area contributed by atoms with Crippen molar-refractivity contribution in [1.82, 2.24) is 15.0 Å². The molecule has 1 N–H and O–H groups in total. The Morgan fingerprint density at radius 2 is 2.07 bits per heavy atom. The molecule has 1 aliphatic heterocycles.